The fourth-order valence-electron chi connectivity index (χ4n) is 9.96. The first-order chi connectivity index (χ1) is 27.3. The van der Waals surface area contributed by atoms with Crippen LogP contribution >= 0.6 is 0 Å². The molecular weight excluding hydrogens is 679 g/mol. The number of benzene rings is 8. The molecule has 268 valence electrons. The summed E-state index contributed by atoms with van der Waals surface area (Å²) in [4.78, 5) is 2.47. The second kappa shape index (κ2) is 11.9. The molecule has 0 saturated carbocycles. The van der Waals surface area contributed by atoms with E-state index in [4.69, 9.17) is 4.42 Å². The smallest absolute Gasteiger partial charge is 0.136 e. The molecule has 0 saturated heterocycles. The largest absolute Gasteiger partial charge is 0.456 e. The van der Waals surface area contributed by atoms with Crippen LogP contribution in [0.1, 0.15) is 49.9 Å². The fraction of sp³-hybridized carbons (Fsp3) is 0.111. The first kappa shape index (κ1) is 32.8. The third kappa shape index (κ3) is 4.69. The maximum absolute atomic E-state index is 6.28. The lowest BCUT2D eigenvalue weighted by Crippen LogP contribution is -2.16. The number of hydrogen-bond acceptors (Lipinski definition) is 2. The summed E-state index contributed by atoms with van der Waals surface area (Å²) in [7, 11) is 0. The molecule has 2 nitrogen and oxygen atoms in total. The van der Waals surface area contributed by atoms with Gasteiger partial charge in [-0.05, 0) is 110 Å². The first-order valence-corrected chi connectivity index (χ1v) is 19.7. The number of furan rings is 1. The Morgan fingerprint density at radius 1 is 0.393 bits per heavy atom. The number of nitrogens with zero attached hydrogens (tertiary/aromatic N) is 1. The van der Waals surface area contributed by atoms with Gasteiger partial charge < -0.3 is 9.32 Å². The molecule has 2 aliphatic rings. The van der Waals surface area contributed by atoms with E-state index >= 15 is 0 Å². The molecule has 2 heteroatoms. The lowest BCUT2D eigenvalue weighted by Gasteiger charge is -2.30. The SMILES string of the molecule is CC1(C)c2ccccc2-c2c(N(c3ccc(-c4ccc5c(c4)oc4ccccc45)cc3)c3cccc(-c4cccc5c4C(C)(C)c4ccccc4-5)c3)cccc21. The van der Waals surface area contributed by atoms with E-state index in [1.807, 2.05) is 12.1 Å². The van der Waals surface area contributed by atoms with Crippen molar-refractivity contribution in [2.45, 2.75) is 38.5 Å². The molecular formula is C54H41NO. The predicted molar refractivity (Wildman–Crippen MR) is 234 cm³/mol. The molecule has 0 fully saturated rings. The highest BCUT2D eigenvalue weighted by molar-refractivity contribution is 6.06. The predicted octanol–water partition coefficient (Wildman–Crippen LogP) is 15.0. The monoisotopic (exact) mass is 719 g/mol. The number of rotatable bonds is 5. The van der Waals surface area contributed by atoms with Crippen LogP contribution in [-0.2, 0) is 10.8 Å². The molecule has 0 bridgehead atoms. The molecule has 8 aromatic carbocycles. The van der Waals surface area contributed by atoms with Gasteiger partial charge in [0.2, 0.25) is 0 Å². The Morgan fingerprint density at radius 2 is 1.02 bits per heavy atom. The van der Waals surface area contributed by atoms with Crippen LogP contribution in [0.3, 0.4) is 0 Å². The summed E-state index contributed by atoms with van der Waals surface area (Å²) >= 11 is 0. The van der Waals surface area contributed by atoms with Gasteiger partial charge in [0, 0.05) is 38.5 Å². The summed E-state index contributed by atoms with van der Waals surface area (Å²) in [5.74, 6) is 0. The Kier molecular flexibility index (Phi) is 6.98. The van der Waals surface area contributed by atoms with Crippen LogP contribution in [-0.4, -0.2) is 0 Å². The zero-order chi connectivity index (χ0) is 37.8. The normalized spacial score (nSPS) is 14.4. The van der Waals surface area contributed by atoms with Crippen molar-refractivity contribution in [3.8, 4) is 44.5 Å². The Balaban J connectivity index is 1.08. The van der Waals surface area contributed by atoms with E-state index in [1.54, 1.807) is 0 Å². The molecule has 11 rings (SSSR count). The van der Waals surface area contributed by atoms with Gasteiger partial charge in [0.1, 0.15) is 11.2 Å². The van der Waals surface area contributed by atoms with Gasteiger partial charge in [-0.25, -0.2) is 0 Å². The van der Waals surface area contributed by atoms with E-state index in [0.717, 1.165) is 44.4 Å². The third-order valence-corrected chi connectivity index (χ3v) is 12.7. The number of fused-ring (bicyclic) bond motifs is 9. The van der Waals surface area contributed by atoms with E-state index in [0.29, 0.717) is 0 Å². The van der Waals surface area contributed by atoms with Gasteiger partial charge >= 0.3 is 0 Å². The summed E-state index contributed by atoms with van der Waals surface area (Å²) in [6.07, 6.45) is 0. The average molecular weight is 720 g/mol. The second-order valence-electron chi connectivity index (χ2n) is 16.5. The summed E-state index contributed by atoms with van der Waals surface area (Å²) in [6.45, 7) is 9.46. The van der Waals surface area contributed by atoms with E-state index < -0.39 is 0 Å². The van der Waals surface area contributed by atoms with Crippen LogP contribution in [0.2, 0.25) is 0 Å². The van der Waals surface area contributed by atoms with Crippen LogP contribution in [0.5, 0.6) is 0 Å². The molecule has 2 aliphatic carbocycles. The molecule has 56 heavy (non-hydrogen) atoms. The van der Waals surface area contributed by atoms with Crippen LogP contribution in [0.15, 0.2) is 180 Å². The fourth-order valence-corrected chi connectivity index (χ4v) is 9.96. The van der Waals surface area contributed by atoms with E-state index in [9.17, 15) is 0 Å². The molecule has 0 radical (unpaired) electrons. The number of anilines is 3. The molecule has 1 aromatic heterocycles. The number of hydrogen-bond donors (Lipinski definition) is 0. The summed E-state index contributed by atoms with van der Waals surface area (Å²) in [6, 6.07) is 64.6. The molecule has 9 aromatic rings. The van der Waals surface area contributed by atoms with Crippen molar-refractivity contribution < 1.29 is 4.42 Å². The zero-order valence-corrected chi connectivity index (χ0v) is 32.1. The van der Waals surface area contributed by atoms with Crippen molar-refractivity contribution in [1.82, 2.24) is 0 Å². The minimum absolute atomic E-state index is 0.111. The van der Waals surface area contributed by atoms with Gasteiger partial charge in [-0.1, -0.05) is 155 Å². The van der Waals surface area contributed by atoms with Gasteiger partial charge in [-0.3, -0.25) is 0 Å². The standard InChI is InChI=1S/C54H41NO/c1-53(2)46-22-9-6-18-44(46)51-47(53)23-13-24-48(51)55(37-29-26-34(27-30-37)35-28-31-42-41-17-7-10-25-49(41)56-50(42)33-35)38-15-11-14-36(32-38)39-19-12-20-43-40-16-5-8-21-45(40)54(3,4)52(39)43/h5-33H,1-4H3. The quantitative estimate of drug-likeness (QED) is 0.176. The Morgan fingerprint density at radius 3 is 1.86 bits per heavy atom. The Hall–Kier alpha value is -6.64. The number of para-hydroxylation sites is 1. The molecule has 0 atom stereocenters. The molecule has 0 N–H and O–H groups in total. The van der Waals surface area contributed by atoms with Gasteiger partial charge in [0.05, 0.1) is 5.69 Å². The van der Waals surface area contributed by atoms with E-state index in [-0.39, 0.29) is 10.8 Å². The van der Waals surface area contributed by atoms with Crippen molar-refractivity contribution in [3.63, 3.8) is 0 Å². The molecule has 1 heterocycles. The van der Waals surface area contributed by atoms with E-state index in [2.05, 4.69) is 196 Å². The van der Waals surface area contributed by atoms with Gasteiger partial charge in [-0.15, -0.1) is 0 Å². The molecule has 0 unspecified atom stereocenters. The Labute approximate surface area is 328 Å². The van der Waals surface area contributed by atoms with Gasteiger partial charge in [0.25, 0.3) is 0 Å². The van der Waals surface area contributed by atoms with Crippen LogP contribution in [0.25, 0.3) is 66.4 Å². The Bertz CT molecular complexity index is 3030. The summed E-state index contributed by atoms with van der Waals surface area (Å²) in [5, 5.41) is 2.29. The highest BCUT2D eigenvalue weighted by Gasteiger charge is 2.39. The highest BCUT2D eigenvalue weighted by Crippen LogP contribution is 2.55. The lowest BCUT2D eigenvalue weighted by molar-refractivity contribution is 0.660. The van der Waals surface area contributed by atoms with Gasteiger partial charge in [0.15, 0.2) is 0 Å². The maximum Gasteiger partial charge on any atom is 0.136 e. The van der Waals surface area contributed by atoms with Crippen molar-refractivity contribution >= 4 is 39.0 Å². The molecule has 0 aliphatic heterocycles. The lowest BCUT2D eigenvalue weighted by atomic mass is 9.79. The van der Waals surface area contributed by atoms with Crippen molar-refractivity contribution in [1.29, 1.82) is 0 Å². The van der Waals surface area contributed by atoms with Crippen LogP contribution in [0, 0.1) is 0 Å². The van der Waals surface area contributed by atoms with Crippen LogP contribution in [0.4, 0.5) is 17.1 Å². The van der Waals surface area contributed by atoms with Crippen molar-refractivity contribution in [2.24, 2.45) is 0 Å². The van der Waals surface area contributed by atoms with Crippen LogP contribution < -0.4 is 4.90 Å². The minimum atomic E-state index is -0.116. The summed E-state index contributed by atoms with van der Waals surface area (Å²) < 4.78 is 6.28. The first-order valence-electron chi connectivity index (χ1n) is 19.7. The average Bonchev–Trinajstić information content (AvgIpc) is 3.81. The third-order valence-electron chi connectivity index (χ3n) is 12.7. The maximum atomic E-state index is 6.28. The molecule has 0 spiro atoms. The van der Waals surface area contributed by atoms with E-state index in [1.165, 1.54) is 61.3 Å². The molecule has 0 amide bonds. The second-order valence-corrected chi connectivity index (χ2v) is 16.5. The van der Waals surface area contributed by atoms with Gasteiger partial charge in [-0.2, -0.15) is 0 Å². The zero-order valence-electron chi connectivity index (χ0n) is 32.1. The van der Waals surface area contributed by atoms with Crippen molar-refractivity contribution in [2.75, 3.05) is 4.90 Å². The highest BCUT2D eigenvalue weighted by atomic mass is 16.3. The van der Waals surface area contributed by atoms with Crippen molar-refractivity contribution in [3.05, 3.63) is 198 Å². The minimum Gasteiger partial charge on any atom is -0.456 e. The topological polar surface area (TPSA) is 16.4 Å². The summed E-state index contributed by atoms with van der Waals surface area (Å²) in [5.41, 5.74) is 20.6.